The highest BCUT2D eigenvalue weighted by molar-refractivity contribution is 8.65. The van der Waals surface area contributed by atoms with Crippen LogP contribution in [0.25, 0.3) is 75.2 Å². The third kappa shape index (κ3) is 8.70. The highest BCUT2D eigenvalue weighted by Crippen LogP contribution is 2.60. The molecule has 0 aliphatic carbocycles. The van der Waals surface area contributed by atoms with Crippen molar-refractivity contribution in [2.75, 3.05) is 0 Å². The average molecular weight is 1010 g/mol. The molecule has 0 amide bonds. The molecule has 12 rings (SSSR count). The molecule has 322 valence electrons. The van der Waals surface area contributed by atoms with Crippen molar-refractivity contribution < 1.29 is 13.2 Å². The number of aromatic nitrogens is 2. The van der Waals surface area contributed by atoms with Crippen LogP contribution in [0.5, 0.6) is 0 Å². The lowest BCUT2D eigenvalue weighted by Crippen LogP contribution is -2.20. The van der Waals surface area contributed by atoms with Crippen molar-refractivity contribution in [1.29, 1.82) is 0 Å². The molecule has 5 unspecified atom stereocenters. The van der Waals surface area contributed by atoms with Crippen LogP contribution >= 0.6 is 70.9 Å². The highest BCUT2D eigenvalue weighted by Gasteiger charge is 2.35. The van der Waals surface area contributed by atoms with Crippen LogP contribution in [-0.4, -0.2) is 23.3 Å². The average Bonchev–Trinajstić information content (AvgIpc) is 3.84. The minimum Gasteiger partial charge on any atom is -0.309 e. The van der Waals surface area contributed by atoms with E-state index in [1.165, 1.54) is 16.8 Å². The van der Waals surface area contributed by atoms with Gasteiger partial charge in [0.2, 0.25) is 9.84 Å². The fourth-order valence-electron chi connectivity index (χ4n) is 8.55. The van der Waals surface area contributed by atoms with E-state index >= 15 is 0 Å². The molecule has 15 heteroatoms. The van der Waals surface area contributed by atoms with Crippen LogP contribution in [0.4, 0.5) is 0 Å². The Morgan fingerprint density at radius 1 is 0.446 bits per heavy atom. The minimum absolute atomic E-state index is 0.0655. The molecule has 4 heterocycles. The number of carbonyl (C=O) groups excluding carboxylic acids is 1. The summed E-state index contributed by atoms with van der Waals surface area (Å²) in [6.07, 6.45) is 0. The number of rotatable bonds is 2. The summed E-state index contributed by atoms with van der Waals surface area (Å²) in [7, 11) is 10.3. The standard InChI is InChI=1S/C25H15NO3S.C25H15NOS.H6P4.H5P3/c27-25-19-9-3-6-12-23(19)30(28,29)24-14-13-16(15-20(24)25)26-21-10-4-1-7-17(21)18-8-2-5-11-22(18)26;27-25-19-9-3-6-12-23(19)28-24-14-13-16(15-20(24)25)26-21-10-4-1-7-17(21)18-8-2-5-11-22(18)26;1-4(2)3;1-3-2/h1-15H;1-15H;1-3H2;3H,1-2H2. The summed E-state index contributed by atoms with van der Waals surface area (Å²) in [6, 6.07) is 58.5. The maximum absolute atomic E-state index is 13.2. The van der Waals surface area contributed by atoms with Crippen molar-refractivity contribution in [3.63, 3.8) is 0 Å². The minimum atomic E-state index is -3.73. The second-order valence-electron chi connectivity index (χ2n) is 15.0. The quantitative estimate of drug-likeness (QED) is 0.128. The van der Waals surface area contributed by atoms with Crippen molar-refractivity contribution in [3.05, 3.63) is 203 Å². The smallest absolute Gasteiger partial charge is 0.208 e. The van der Waals surface area contributed by atoms with Crippen LogP contribution in [0, 0.1) is 0 Å². The van der Waals surface area contributed by atoms with Crippen molar-refractivity contribution >= 4 is 150 Å². The molecule has 3 aromatic heterocycles. The normalized spacial score (nSPS) is 12.6. The molecule has 1 aliphatic heterocycles. The van der Waals surface area contributed by atoms with Crippen LogP contribution in [0.3, 0.4) is 0 Å². The maximum Gasteiger partial charge on any atom is 0.208 e. The molecule has 0 bridgehead atoms. The Labute approximate surface area is 394 Å². The Morgan fingerprint density at radius 3 is 1.35 bits per heavy atom. The number of benzene rings is 8. The van der Waals surface area contributed by atoms with Gasteiger partial charge < -0.3 is 9.13 Å². The van der Waals surface area contributed by atoms with E-state index in [4.69, 9.17) is 0 Å². The van der Waals surface area contributed by atoms with Crippen molar-refractivity contribution in [1.82, 2.24) is 9.13 Å². The second-order valence-corrected chi connectivity index (χ2v) is 33.9. The van der Waals surface area contributed by atoms with Crippen molar-refractivity contribution in [3.8, 4) is 11.4 Å². The van der Waals surface area contributed by atoms with Crippen molar-refractivity contribution in [2.45, 2.75) is 9.79 Å². The number of hydrogen-bond acceptors (Lipinski definition) is 5. The van der Waals surface area contributed by atoms with Gasteiger partial charge in [0, 0.05) is 64.2 Å². The van der Waals surface area contributed by atoms with Gasteiger partial charge in [0.15, 0.2) is 11.2 Å². The lowest BCUT2D eigenvalue weighted by molar-refractivity contribution is 0.103. The van der Waals surface area contributed by atoms with Crippen LogP contribution in [0.1, 0.15) is 15.9 Å². The number of carbonyl (C=O) groups is 1. The molecule has 65 heavy (non-hydrogen) atoms. The van der Waals surface area contributed by atoms with E-state index in [1.807, 2.05) is 66.7 Å². The molecule has 0 N–H and O–H groups in total. The number of para-hydroxylation sites is 4. The molecule has 0 fully saturated rings. The van der Waals surface area contributed by atoms with Gasteiger partial charge in [0.1, 0.15) is 0 Å². The van der Waals surface area contributed by atoms with Gasteiger partial charge in [0.05, 0.1) is 31.9 Å². The lowest BCUT2D eigenvalue weighted by atomic mass is 10.0. The molecule has 11 aromatic rings. The molecular weight excluding hydrogens is 974 g/mol. The predicted molar refractivity (Wildman–Crippen MR) is 300 cm³/mol. The zero-order valence-electron chi connectivity index (χ0n) is 34.5. The molecule has 1 aliphatic rings. The van der Waals surface area contributed by atoms with Gasteiger partial charge in [-0.05, 0) is 91.9 Å². The topological polar surface area (TPSA) is 78.1 Å². The largest absolute Gasteiger partial charge is 0.309 e. The fourth-order valence-corrected chi connectivity index (χ4v) is 11.2. The third-order valence-corrected chi connectivity index (χ3v) is 14.2. The van der Waals surface area contributed by atoms with Gasteiger partial charge >= 0.3 is 0 Å². The van der Waals surface area contributed by atoms with Gasteiger partial charge in [-0.15, -0.1) is 56.0 Å². The first kappa shape index (κ1) is 46.0. The van der Waals surface area contributed by atoms with Crippen LogP contribution < -0.4 is 5.43 Å². The van der Waals surface area contributed by atoms with Crippen LogP contribution in [0.15, 0.2) is 197 Å². The lowest BCUT2D eigenvalue weighted by Gasteiger charge is -2.20. The highest BCUT2D eigenvalue weighted by atomic mass is 32.7. The van der Waals surface area contributed by atoms with E-state index in [-0.39, 0.29) is 39.1 Å². The monoisotopic (exact) mass is 1010 g/mol. The number of fused-ring (bicyclic) bond motifs is 10. The second kappa shape index (κ2) is 19.6. The summed E-state index contributed by atoms with van der Waals surface area (Å²) in [5.74, 6) is -0.266. The van der Waals surface area contributed by atoms with E-state index in [0.29, 0.717) is 0 Å². The van der Waals surface area contributed by atoms with E-state index in [1.54, 1.807) is 47.7 Å². The molecule has 0 saturated carbocycles. The molecule has 6 nitrogen and oxygen atoms in total. The van der Waals surface area contributed by atoms with Gasteiger partial charge in [-0.1, -0.05) is 105 Å². The number of nitrogens with zero attached hydrogens (tertiary/aromatic N) is 2. The van der Waals surface area contributed by atoms with E-state index in [0.717, 1.165) is 72.3 Å². The van der Waals surface area contributed by atoms with E-state index in [9.17, 15) is 18.0 Å². The first-order chi connectivity index (χ1) is 31.5. The summed E-state index contributed by atoms with van der Waals surface area (Å²) >= 11 is 1.67. The summed E-state index contributed by atoms with van der Waals surface area (Å²) in [4.78, 5) is 26.4. The van der Waals surface area contributed by atoms with Gasteiger partial charge in [0.25, 0.3) is 0 Å². The van der Waals surface area contributed by atoms with E-state index in [2.05, 4.69) is 127 Å². The Morgan fingerprint density at radius 2 is 0.831 bits per heavy atom. The predicted octanol–water partition coefficient (Wildman–Crippen LogP) is 14.8. The molecule has 5 atom stereocenters. The summed E-state index contributed by atoms with van der Waals surface area (Å²) in [6.45, 7) is 0.130. The number of sulfone groups is 1. The fraction of sp³-hybridized carbons (Fsp3) is 0. The zero-order chi connectivity index (χ0) is 45.4. The molecule has 0 spiro atoms. The Balaban J connectivity index is 0.000000144. The Hall–Kier alpha value is -4.12. The molecule has 0 radical (unpaired) electrons. The van der Waals surface area contributed by atoms with Crippen LogP contribution in [-0.2, 0) is 9.84 Å². The summed E-state index contributed by atoms with van der Waals surface area (Å²) < 4.78 is 32.6. The molecule has 0 saturated heterocycles. The summed E-state index contributed by atoms with van der Waals surface area (Å²) in [5.41, 5.74) is 6.64. The maximum atomic E-state index is 13.2. The van der Waals surface area contributed by atoms with Gasteiger partial charge in [-0.25, -0.2) is 8.42 Å². The Bertz CT molecular complexity index is 3700. The van der Waals surface area contributed by atoms with Gasteiger partial charge in [-0.3, -0.25) is 9.59 Å². The van der Waals surface area contributed by atoms with Crippen molar-refractivity contribution in [2.24, 2.45) is 0 Å². The zero-order valence-corrected chi connectivity index (χ0v) is 43.8. The first-order valence-corrected chi connectivity index (χ1v) is 33.3. The SMILES string of the molecule is O=C1c2ccccc2S(=O)(=O)c2ccc(-n3c4ccccc4c4ccccc43)cc21.O=c1c2ccccc2sc2ccc(-n3c4ccccc4c4ccccc43)cc12.PP(P)P.PPP. The summed E-state index contributed by atoms with van der Waals surface area (Å²) in [5, 5.41) is 6.23. The third-order valence-electron chi connectivity index (χ3n) is 11.2. The first-order valence-electron chi connectivity index (χ1n) is 20.2. The number of ketones is 1. The number of hydrogen-bond donors (Lipinski definition) is 0. The Kier molecular flexibility index (Phi) is 13.9. The van der Waals surface area contributed by atoms with Crippen LogP contribution in [0.2, 0.25) is 0 Å². The molecular formula is C50H41N2O4P7S2. The van der Waals surface area contributed by atoms with Gasteiger partial charge in [-0.2, -0.15) is 0 Å². The molecule has 8 aromatic carbocycles. The van der Waals surface area contributed by atoms with E-state index < -0.39 is 9.84 Å².